The van der Waals surface area contributed by atoms with Gasteiger partial charge >= 0.3 is 0 Å². The van der Waals surface area contributed by atoms with Crippen molar-refractivity contribution in [1.29, 1.82) is 0 Å². The Labute approximate surface area is 449 Å². The molecule has 0 unspecified atom stereocenters. The Morgan fingerprint density at radius 2 is 0.526 bits per heavy atom. The molecule has 0 aliphatic heterocycles. The van der Waals surface area contributed by atoms with E-state index in [9.17, 15) is 0 Å². The maximum absolute atomic E-state index is 2.52. The molecule has 76 heavy (non-hydrogen) atoms. The number of rotatable bonds is 7. The van der Waals surface area contributed by atoms with Gasteiger partial charge in [-0.3, -0.25) is 0 Å². The lowest BCUT2D eigenvalue weighted by molar-refractivity contribution is 0.661. The van der Waals surface area contributed by atoms with Gasteiger partial charge in [0.2, 0.25) is 0 Å². The van der Waals surface area contributed by atoms with Crippen LogP contribution < -0.4 is 0 Å². The maximum Gasteiger partial charge on any atom is 0.0714 e. The summed E-state index contributed by atoms with van der Waals surface area (Å²) in [5.41, 5.74) is 33.6. The van der Waals surface area contributed by atoms with Crippen LogP contribution in [-0.2, 0) is 16.2 Å². The van der Waals surface area contributed by atoms with Gasteiger partial charge in [0.15, 0.2) is 0 Å². The van der Waals surface area contributed by atoms with E-state index in [0.717, 1.165) is 0 Å². The van der Waals surface area contributed by atoms with E-state index < -0.39 is 10.8 Å². The molecule has 0 radical (unpaired) electrons. The molecular weight excluding hydrogens is 913 g/mol. The molecule has 0 spiro atoms. The van der Waals surface area contributed by atoms with Crippen molar-refractivity contribution in [3.63, 3.8) is 0 Å². The molecule has 0 nitrogen and oxygen atoms in total. The molecule has 0 aromatic heterocycles. The minimum absolute atomic E-state index is 0.234. The highest BCUT2D eigenvalue weighted by atomic mass is 14.5. The molecule has 0 saturated heterocycles. The molecule has 11 aromatic carbocycles. The second kappa shape index (κ2) is 17.0. The first kappa shape index (κ1) is 46.0. The lowest BCUT2D eigenvalue weighted by atomic mass is 9.67. The van der Waals surface area contributed by atoms with Crippen molar-refractivity contribution in [3.05, 3.63) is 320 Å². The molecule has 3 aliphatic carbocycles. The van der Waals surface area contributed by atoms with Crippen molar-refractivity contribution < 1.29 is 0 Å². The predicted molar refractivity (Wildman–Crippen MR) is 319 cm³/mol. The quantitative estimate of drug-likeness (QED) is 0.149. The van der Waals surface area contributed by atoms with Crippen molar-refractivity contribution in [2.24, 2.45) is 0 Å². The summed E-state index contributed by atoms with van der Waals surface area (Å²) in [6.07, 6.45) is 0. The van der Waals surface area contributed by atoms with Crippen LogP contribution in [0.2, 0.25) is 0 Å². The largest absolute Gasteiger partial charge is 0.0714 e. The van der Waals surface area contributed by atoms with E-state index in [-0.39, 0.29) is 5.41 Å². The zero-order chi connectivity index (χ0) is 51.7. The minimum Gasteiger partial charge on any atom is -0.0622 e. The smallest absolute Gasteiger partial charge is 0.0622 e. The van der Waals surface area contributed by atoms with Crippen LogP contribution in [0, 0.1) is 34.6 Å². The number of benzene rings is 11. The topological polar surface area (TPSA) is 0 Å². The summed E-state index contributed by atoms with van der Waals surface area (Å²) in [5.74, 6) is 0. The summed E-state index contributed by atoms with van der Waals surface area (Å²) in [7, 11) is 0. The van der Waals surface area contributed by atoms with E-state index in [2.05, 4.69) is 285 Å². The highest BCUT2D eigenvalue weighted by Gasteiger charge is 2.48. The number of aryl methyl sites for hydroxylation is 5. The molecule has 0 amide bonds. The van der Waals surface area contributed by atoms with Crippen molar-refractivity contribution in [2.45, 2.75) is 64.7 Å². The van der Waals surface area contributed by atoms with Gasteiger partial charge in [-0.2, -0.15) is 0 Å². The highest BCUT2D eigenvalue weighted by molar-refractivity contribution is 5.93. The van der Waals surface area contributed by atoms with Gasteiger partial charge < -0.3 is 0 Å². The summed E-state index contributed by atoms with van der Waals surface area (Å²) in [6.45, 7) is 15.9. The number of fused-ring (bicyclic) bond motifs is 9. The molecule has 0 fully saturated rings. The normalized spacial score (nSPS) is 14.6. The van der Waals surface area contributed by atoms with Gasteiger partial charge in [0.1, 0.15) is 0 Å². The minimum atomic E-state index is -0.533. The van der Waals surface area contributed by atoms with Crippen LogP contribution in [0.1, 0.15) is 97.3 Å². The third kappa shape index (κ3) is 6.69. The van der Waals surface area contributed by atoms with Crippen molar-refractivity contribution in [2.75, 3.05) is 0 Å². The molecule has 0 bridgehead atoms. The number of hydrogen-bond acceptors (Lipinski definition) is 0. The molecule has 0 heterocycles. The average molecular weight is 973 g/mol. The van der Waals surface area contributed by atoms with Gasteiger partial charge in [0, 0.05) is 5.41 Å². The molecule has 14 rings (SSSR count). The van der Waals surface area contributed by atoms with Gasteiger partial charge in [-0.15, -0.1) is 0 Å². The molecule has 3 aliphatic rings. The third-order valence-electron chi connectivity index (χ3n) is 17.8. The zero-order valence-electron chi connectivity index (χ0n) is 44.5. The average Bonchev–Trinajstić information content (AvgIpc) is 4.10. The maximum atomic E-state index is 2.52. The van der Waals surface area contributed by atoms with Crippen molar-refractivity contribution in [3.8, 4) is 66.8 Å². The Balaban J connectivity index is 0.891. The van der Waals surface area contributed by atoms with Gasteiger partial charge in [-0.05, 0) is 187 Å². The van der Waals surface area contributed by atoms with E-state index in [1.807, 2.05) is 0 Å². The van der Waals surface area contributed by atoms with Gasteiger partial charge in [-0.1, -0.05) is 248 Å². The van der Waals surface area contributed by atoms with E-state index in [4.69, 9.17) is 0 Å². The fraction of sp³-hybridized carbons (Fsp3) is 0.132. The molecule has 0 atom stereocenters. The Morgan fingerprint density at radius 1 is 0.211 bits per heavy atom. The monoisotopic (exact) mass is 972 g/mol. The van der Waals surface area contributed by atoms with Gasteiger partial charge in [-0.25, -0.2) is 0 Å². The van der Waals surface area contributed by atoms with Crippen LogP contribution in [0.15, 0.2) is 237 Å². The second-order valence-corrected chi connectivity index (χ2v) is 22.8. The molecule has 0 heteroatoms. The fourth-order valence-corrected chi connectivity index (χ4v) is 14.0. The summed E-state index contributed by atoms with van der Waals surface area (Å²) >= 11 is 0. The summed E-state index contributed by atoms with van der Waals surface area (Å²) in [4.78, 5) is 0. The van der Waals surface area contributed by atoms with Crippen molar-refractivity contribution >= 4 is 0 Å². The molecule has 364 valence electrons. The van der Waals surface area contributed by atoms with E-state index in [1.54, 1.807) is 0 Å². The number of hydrogen-bond donors (Lipinski definition) is 0. The molecule has 11 aromatic rings. The zero-order valence-corrected chi connectivity index (χ0v) is 44.5. The third-order valence-corrected chi connectivity index (χ3v) is 17.8. The Morgan fingerprint density at radius 3 is 0.934 bits per heavy atom. The SMILES string of the molecule is Cc1ccc(C2(c3ccc(C)cc3)c3cc(-c4ccccc4)ccc3-c3ccc(-c4ccc5c(c4)C(C)(C)c4cc(-c6ccc7c(c6)C(c6cccc(C)c6)(c6cccc(C)c6)c6cc(C)ccc6-7)ccc4-5)cc32)cc1. The molecule has 0 N–H and O–H groups in total. The van der Waals surface area contributed by atoms with Crippen LogP contribution in [0.5, 0.6) is 0 Å². The first-order chi connectivity index (χ1) is 36.9. The van der Waals surface area contributed by atoms with Gasteiger partial charge in [0.05, 0.1) is 10.8 Å². The second-order valence-electron chi connectivity index (χ2n) is 22.8. The van der Waals surface area contributed by atoms with E-state index >= 15 is 0 Å². The first-order valence-corrected chi connectivity index (χ1v) is 27.1. The van der Waals surface area contributed by atoms with E-state index in [0.29, 0.717) is 0 Å². The van der Waals surface area contributed by atoms with Crippen LogP contribution in [-0.4, -0.2) is 0 Å². The fourth-order valence-electron chi connectivity index (χ4n) is 14.0. The Kier molecular flexibility index (Phi) is 10.3. The lowest BCUT2D eigenvalue weighted by Gasteiger charge is -2.35. The van der Waals surface area contributed by atoms with Crippen LogP contribution in [0.3, 0.4) is 0 Å². The Hall–Kier alpha value is -8.58. The van der Waals surface area contributed by atoms with Crippen molar-refractivity contribution in [1.82, 2.24) is 0 Å². The predicted octanol–water partition coefficient (Wildman–Crippen LogP) is 19.3. The standard InChI is InChI=1S/C76H60/c1-47-19-29-58(30-20-47)75(59-31-21-48(2)22-32-59)71-44-53(52-15-9-8-10-16-52)24-36-66(71)67-38-28-56(45-72(67)75)54-25-34-62-63-35-26-55(43-69(63)74(6,7)68(62)42-54)57-27-37-65-64-33-23-51(5)41-70(64)76(73(65)46-57,60-17-11-13-49(3)39-60)61-18-12-14-50(4)40-61/h8-46H,1-7H3. The highest BCUT2D eigenvalue weighted by Crippen LogP contribution is 2.60. The Bertz CT molecular complexity index is 4070. The van der Waals surface area contributed by atoms with Gasteiger partial charge in [0.25, 0.3) is 0 Å². The summed E-state index contributed by atoms with van der Waals surface area (Å²) in [5, 5.41) is 0. The van der Waals surface area contributed by atoms with Crippen LogP contribution >= 0.6 is 0 Å². The molecule has 0 saturated carbocycles. The van der Waals surface area contributed by atoms with Crippen LogP contribution in [0.4, 0.5) is 0 Å². The molecular formula is C76H60. The summed E-state index contributed by atoms with van der Waals surface area (Å²) < 4.78 is 0. The first-order valence-electron chi connectivity index (χ1n) is 27.1. The van der Waals surface area contributed by atoms with E-state index in [1.165, 1.54) is 150 Å². The summed E-state index contributed by atoms with van der Waals surface area (Å²) in [6, 6.07) is 91.2. The lowest BCUT2D eigenvalue weighted by Crippen LogP contribution is -2.29. The van der Waals surface area contributed by atoms with Crippen LogP contribution in [0.25, 0.3) is 66.8 Å².